The summed E-state index contributed by atoms with van der Waals surface area (Å²) in [5, 5.41) is 3.83. The van der Waals surface area contributed by atoms with E-state index in [2.05, 4.69) is 55.2 Å². The molecule has 0 saturated carbocycles. The first-order valence-corrected chi connectivity index (χ1v) is 7.91. The Morgan fingerprint density at radius 3 is 2.94 bits per heavy atom. The monoisotopic (exact) mass is 263 g/mol. The molecular weight excluding hydrogens is 242 g/mol. The summed E-state index contributed by atoms with van der Waals surface area (Å²) in [5.74, 6) is 3.60. The van der Waals surface area contributed by atoms with Crippen LogP contribution < -0.4 is 10.1 Å². The Balaban J connectivity index is 1.84. The van der Waals surface area contributed by atoms with Gasteiger partial charge in [-0.15, -0.1) is 0 Å². The normalized spacial score (nSPS) is 29.7. The first-order valence-electron chi connectivity index (χ1n) is 6.76. The van der Waals surface area contributed by atoms with Crippen LogP contribution in [-0.2, 0) is 0 Å². The van der Waals surface area contributed by atoms with Crippen LogP contribution in [0.25, 0.3) is 0 Å². The van der Waals surface area contributed by atoms with Gasteiger partial charge in [0.05, 0.1) is 0 Å². The van der Waals surface area contributed by atoms with Gasteiger partial charge in [0.2, 0.25) is 0 Å². The third-order valence-electron chi connectivity index (χ3n) is 3.74. The highest BCUT2D eigenvalue weighted by molar-refractivity contribution is 7.99. The average molecular weight is 263 g/mol. The Kier molecular flexibility index (Phi) is 3.29. The molecule has 3 rings (SSSR count). The molecular formula is C15H21NOS. The van der Waals surface area contributed by atoms with Gasteiger partial charge < -0.3 is 10.1 Å². The van der Waals surface area contributed by atoms with E-state index in [4.69, 9.17) is 4.74 Å². The summed E-state index contributed by atoms with van der Waals surface area (Å²) < 4.78 is 6.07. The molecule has 1 aromatic rings. The topological polar surface area (TPSA) is 21.3 Å². The lowest BCUT2D eigenvalue weighted by Gasteiger charge is -2.39. The van der Waals surface area contributed by atoms with Gasteiger partial charge in [-0.2, -0.15) is 11.8 Å². The van der Waals surface area contributed by atoms with Crippen molar-refractivity contribution in [3.05, 3.63) is 29.8 Å². The number of nitrogens with one attached hydrogen (secondary N) is 1. The second-order valence-corrected chi connectivity index (χ2v) is 7.03. The molecule has 1 N–H and O–H groups in total. The van der Waals surface area contributed by atoms with Crippen molar-refractivity contribution in [3.63, 3.8) is 0 Å². The van der Waals surface area contributed by atoms with Gasteiger partial charge in [0.1, 0.15) is 11.4 Å². The van der Waals surface area contributed by atoms with Crippen LogP contribution in [0.3, 0.4) is 0 Å². The molecule has 0 aliphatic carbocycles. The molecule has 18 heavy (non-hydrogen) atoms. The van der Waals surface area contributed by atoms with E-state index in [0.29, 0.717) is 12.1 Å². The molecule has 2 nitrogen and oxygen atoms in total. The second-order valence-electron chi connectivity index (χ2n) is 5.88. The zero-order valence-electron chi connectivity index (χ0n) is 11.1. The summed E-state index contributed by atoms with van der Waals surface area (Å²) in [6.45, 7) is 4.36. The largest absolute Gasteiger partial charge is 0.487 e. The Morgan fingerprint density at radius 1 is 1.33 bits per heavy atom. The molecule has 2 unspecified atom stereocenters. The minimum Gasteiger partial charge on any atom is -0.487 e. The van der Waals surface area contributed by atoms with Gasteiger partial charge in [0.25, 0.3) is 0 Å². The lowest BCUT2D eigenvalue weighted by Crippen LogP contribution is -2.42. The summed E-state index contributed by atoms with van der Waals surface area (Å²) in [5.41, 5.74) is 1.26. The molecule has 98 valence electrons. The molecule has 2 heterocycles. The van der Waals surface area contributed by atoms with Gasteiger partial charge >= 0.3 is 0 Å². The van der Waals surface area contributed by atoms with Crippen LogP contribution in [0.2, 0.25) is 0 Å². The maximum absolute atomic E-state index is 6.07. The number of hydrogen-bond acceptors (Lipinski definition) is 3. The fraction of sp³-hybridized carbons (Fsp3) is 0.600. The van der Waals surface area contributed by atoms with E-state index < -0.39 is 0 Å². The van der Waals surface area contributed by atoms with Gasteiger partial charge in [-0.1, -0.05) is 18.2 Å². The Morgan fingerprint density at radius 2 is 2.17 bits per heavy atom. The summed E-state index contributed by atoms with van der Waals surface area (Å²) >= 11 is 2.06. The zero-order chi connectivity index (χ0) is 12.6. The highest BCUT2D eigenvalue weighted by atomic mass is 32.2. The van der Waals surface area contributed by atoms with Gasteiger partial charge in [0.15, 0.2) is 0 Å². The summed E-state index contributed by atoms with van der Waals surface area (Å²) in [6.07, 6.45) is 2.34. The number of ether oxygens (including phenoxy) is 1. The van der Waals surface area contributed by atoms with Crippen LogP contribution in [-0.4, -0.2) is 23.1 Å². The highest BCUT2D eigenvalue weighted by Gasteiger charge is 2.34. The first-order chi connectivity index (χ1) is 8.64. The molecule has 0 amide bonds. The first kappa shape index (κ1) is 12.4. The third kappa shape index (κ3) is 2.52. The van der Waals surface area contributed by atoms with Gasteiger partial charge in [-0.25, -0.2) is 0 Å². The van der Waals surface area contributed by atoms with Crippen LogP contribution >= 0.6 is 11.8 Å². The third-order valence-corrected chi connectivity index (χ3v) is 4.91. The smallest absolute Gasteiger partial charge is 0.124 e. The number of para-hydroxylation sites is 1. The molecule has 0 radical (unpaired) electrons. The van der Waals surface area contributed by atoms with Gasteiger partial charge in [-0.3, -0.25) is 0 Å². The van der Waals surface area contributed by atoms with E-state index in [1.807, 2.05) is 0 Å². The van der Waals surface area contributed by atoms with Crippen molar-refractivity contribution < 1.29 is 4.74 Å². The minimum absolute atomic E-state index is 0.0717. The van der Waals surface area contributed by atoms with E-state index in [9.17, 15) is 0 Å². The molecule has 0 aromatic heterocycles. The number of hydrogen-bond donors (Lipinski definition) is 1. The van der Waals surface area contributed by atoms with E-state index in [1.165, 1.54) is 23.5 Å². The molecule has 1 aromatic carbocycles. The quantitative estimate of drug-likeness (QED) is 0.884. The lowest BCUT2D eigenvalue weighted by atomic mass is 9.89. The van der Waals surface area contributed by atoms with Crippen molar-refractivity contribution in [2.24, 2.45) is 0 Å². The van der Waals surface area contributed by atoms with Crippen molar-refractivity contribution in [1.29, 1.82) is 0 Å². The predicted octanol–water partition coefficient (Wildman–Crippen LogP) is 3.38. The standard InChI is InChI=1S/C15H21NOS/c1-15(2)9-13(16-11-7-8-18-10-11)12-5-3-4-6-14(12)17-15/h3-6,11,13,16H,7-10H2,1-2H3. The van der Waals surface area contributed by atoms with Crippen LogP contribution in [0.15, 0.2) is 24.3 Å². The van der Waals surface area contributed by atoms with Crippen LogP contribution in [0.5, 0.6) is 5.75 Å². The minimum atomic E-state index is -0.0717. The Hall–Kier alpha value is -0.670. The van der Waals surface area contributed by atoms with Gasteiger partial charge in [0, 0.05) is 29.8 Å². The summed E-state index contributed by atoms with van der Waals surface area (Å²) in [4.78, 5) is 0. The molecule has 3 heteroatoms. The molecule has 1 fully saturated rings. The zero-order valence-corrected chi connectivity index (χ0v) is 11.9. The molecule has 0 spiro atoms. The lowest BCUT2D eigenvalue weighted by molar-refractivity contribution is 0.0642. The molecule has 2 aliphatic rings. The van der Waals surface area contributed by atoms with E-state index >= 15 is 0 Å². The van der Waals surface area contributed by atoms with Crippen molar-refractivity contribution in [2.75, 3.05) is 11.5 Å². The van der Waals surface area contributed by atoms with Crippen LogP contribution in [0.1, 0.15) is 38.3 Å². The number of benzene rings is 1. The van der Waals surface area contributed by atoms with E-state index in [1.54, 1.807) is 0 Å². The van der Waals surface area contributed by atoms with Crippen molar-refractivity contribution in [1.82, 2.24) is 5.32 Å². The van der Waals surface area contributed by atoms with Crippen LogP contribution in [0.4, 0.5) is 0 Å². The number of thioether (sulfide) groups is 1. The molecule has 0 bridgehead atoms. The SMILES string of the molecule is CC1(C)CC(NC2CCSC2)c2ccccc2O1. The molecule has 2 aliphatic heterocycles. The Labute approximate surface area is 113 Å². The predicted molar refractivity (Wildman–Crippen MR) is 77.4 cm³/mol. The highest BCUT2D eigenvalue weighted by Crippen LogP contribution is 2.39. The maximum Gasteiger partial charge on any atom is 0.124 e. The van der Waals surface area contributed by atoms with Crippen molar-refractivity contribution in [2.45, 2.75) is 44.4 Å². The average Bonchev–Trinajstić information content (AvgIpc) is 2.80. The number of rotatable bonds is 2. The fourth-order valence-electron chi connectivity index (χ4n) is 2.90. The van der Waals surface area contributed by atoms with Crippen molar-refractivity contribution in [3.8, 4) is 5.75 Å². The Bertz CT molecular complexity index is 426. The van der Waals surface area contributed by atoms with Crippen molar-refractivity contribution >= 4 is 11.8 Å². The van der Waals surface area contributed by atoms with Crippen LogP contribution in [0, 0.1) is 0 Å². The van der Waals surface area contributed by atoms with Gasteiger partial charge in [-0.05, 0) is 32.1 Å². The second kappa shape index (κ2) is 4.78. The fourth-order valence-corrected chi connectivity index (χ4v) is 4.07. The van der Waals surface area contributed by atoms with E-state index in [0.717, 1.165) is 12.2 Å². The molecule has 2 atom stereocenters. The van der Waals surface area contributed by atoms with E-state index in [-0.39, 0.29) is 5.60 Å². The maximum atomic E-state index is 6.07. The molecule has 1 saturated heterocycles. The summed E-state index contributed by atoms with van der Waals surface area (Å²) in [7, 11) is 0. The number of fused-ring (bicyclic) bond motifs is 1. The summed E-state index contributed by atoms with van der Waals surface area (Å²) in [6, 6.07) is 9.57.